The number of carbonyl (C=O) groups is 1. The summed E-state index contributed by atoms with van der Waals surface area (Å²) in [4.78, 5) is 11.0. The second kappa shape index (κ2) is 4.21. The number of rotatable bonds is 2. The Morgan fingerprint density at radius 1 is 1.47 bits per heavy atom. The van der Waals surface area contributed by atoms with Gasteiger partial charge in [-0.05, 0) is 35.0 Å². The van der Waals surface area contributed by atoms with Gasteiger partial charge in [-0.25, -0.2) is 9.48 Å². The van der Waals surface area contributed by atoms with E-state index in [9.17, 15) is 4.79 Å². The second-order valence-electron chi connectivity index (χ2n) is 3.51. The van der Waals surface area contributed by atoms with Gasteiger partial charge in [0.1, 0.15) is 11.4 Å². The Hall–Kier alpha value is -1.82. The minimum absolute atomic E-state index is 0.0424. The van der Waals surface area contributed by atoms with Crippen molar-refractivity contribution >= 4 is 27.7 Å². The van der Waals surface area contributed by atoms with Crippen molar-refractivity contribution in [2.45, 2.75) is 6.92 Å². The third kappa shape index (κ3) is 1.91. The normalized spacial score (nSPS) is 10.5. The number of hydrogen-bond donors (Lipinski definition) is 2. The maximum absolute atomic E-state index is 11.0. The molecule has 0 saturated carbocycles. The highest BCUT2D eigenvalue weighted by Gasteiger charge is 2.20. The number of para-hydroxylation sites is 1. The van der Waals surface area contributed by atoms with Crippen LogP contribution in [0, 0.1) is 6.92 Å². The van der Waals surface area contributed by atoms with E-state index in [2.05, 4.69) is 21.0 Å². The van der Waals surface area contributed by atoms with E-state index in [-0.39, 0.29) is 11.4 Å². The van der Waals surface area contributed by atoms with Crippen LogP contribution in [0.5, 0.6) is 0 Å². The third-order valence-electron chi connectivity index (χ3n) is 2.39. The van der Waals surface area contributed by atoms with E-state index >= 15 is 0 Å². The van der Waals surface area contributed by atoms with Gasteiger partial charge < -0.3 is 10.8 Å². The van der Waals surface area contributed by atoms with Crippen LogP contribution in [0.15, 0.2) is 28.7 Å². The van der Waals surface area contributed by atoms with Crippen LogP contribution in [0.25, 0.3) is 5.69 Å². The van der Waals surface area contributed by atoms with E-state index in [1.54, 1.807) is 13.0 Å². The topological polar surface area (TPSA) is 81.1 Å². The molecule has 2 aromatic rings. The Balaban J connectivity index is 2.66. The number of halogens is 1. The lowest BCUT2D eigenvalue weighted by Gasteiger charge is -2.06. The summed E-state index contributed by atoms with van der Waals surface area (Å²) in [6.07, 6.45) is 0. The maximum Gasteiger partial charge on any atom is 0.341 e. The van der Waals surface area contributed by atoms with Crippen molar-refractivity contribution < 1.29 is 9.90 Å². The first-order chi connectivity index (χ1) is 8.02. The lowest BCUT2D eigenvalue weighted by atomic mass is 10.2. The quantitative estimate of drug-likeness (QED) is 0.890. The number of nitrogens with two attached hydrogens (primary N) is 1. The number of carboxylic acids is 1. The lowest BCUT2D eigenvalue weighted by Crippen LogP contribution is -2.06. The molecule has 0 radical (unpaired) electrons. The smallest absolute Gasteiger partial charge is 0.341 e. The van der Waals surface area contributed by atoms with Crippen LogP contribution in [0.4, 0.5) is 5.82 Å². The zero-order valence-corrected chi connectivity index (χ0v) is 10.6. The largest absolute Gasteiger partial charge is 0.477 e. The van der Waals surface area contributed by atoms with Crippen molar-refractivity contribution in [3.05, 3.63) is 40.0 Å². The molecule has 17 heavy (non-hydrogen) atoms. The first kappa shape index (κ1) is 11.7. The van der Waals surface area contributed by atoms with Crippen molar-refractivity contribution in [3.8, 4) is 5.69 Å². The molecule has 3 N–H and O–H groups in total. The van der Waals surface area contributed by atoms with Gasteiger partial charge in [0, 0.05) is 4.47 Å². The monoisotopic (exact) mass is 295 g/mol. The van der Waals surface area contributed by atoms with Gasteiger partial charge in [-0.1, -0.05) is 12.1 Å². The highest BCUT2D eigenvalue weighted by atomic mass is 79.9. The van der Waals surface area contributed by atoms with E-state index in [1.807, 2.05) is 18.2 Å². The zero-order chi connectivity index (χ0) is 12.6. The molecule has 0 fully saturated rings. The van der Waals surface area contributed by atoms with Gasteiger partial charge in [-0.15, -0.1) is 0 Å². The molecule has 1 aromatic heterocycles. The van der Waals surface area contributed by atoms with E-state index in [0.29, 0.717) is 11.4 Å². The predicted octanol–water partition coefficient (Wildman–Crippen LogP) is 2.22. The molecule has 0 aliphatic heterocycles. The Labute approximate surface area is 106 Å². The molecule has 2 rings (SSSR count). The average Bonchev–Trinajstić information content (AvgIpc) is 2.55. The number of aromatic nitrogens is 2. The Morgan fingerprint density at radius 2 is 2.12 bits per heavy atom. The fourth-order valence-corrected chi connectivity index (χ4v) is 2.07. The fourth-order valence-electron chi connectivity index (χ4n) is 1.62. The van der Waals surface area contributed by atoms with E-state index in [0.717, 1.165) is 4.47 Å². The van der Waals surface area contributed by atoms with Crippen LogP contribution >= 0.6 is 15.9 Å². The number of nitrogens with zero attached hydrogens (tertiary/aromatic N) is 2. The number of anilines is 1. The van der Waals surface area contributed by atoms with Crippen molar-refractivity contribution in [1.29, 1.82) is 0 Å². The SMILES string of the molecule is Cc1nn(-c2ccccc2Br)c(N)c1C(=O)O. The summed E-state index contributed by atoms with van der Waals surface area (Å²) in [5.74, 6) is -0.944. The number of carboxylic acid groups (broad SMARTS) is 1. The van der Waals surface area contributed by atoms with E-state index in [1.165, 1.54) is 4.68 Å². The van der Waals surface area contributed by atoms with Crippen molar-refractivity contribution in [2.24, 2.45) is 0 Å². The van der Waals surface area contributed by atoms with E-state index < -0.39 is 5.97 Å². The summed E-state index contributed by atoms with van der Waals surface area (Å²) in [5, 5.41) is 13.2. The number of hydrogen-bond acceptors (Lipinski definition) is 3. The molecule has 0 amide bonds. The van der Waals surface area contributed by atoms with Gasteiger partial charge in [0.15, 0.2) is 0 Å². The minimum atomic E-state index is -1.07. The molecule has 0 aliphatic rings. The summed E-state index contributed by atoms with van der Waals surface area (Å²) >= 11 is 3.37. The van der Waals surface area contributed by atoms with Gasteiger partial charge in [-0.2, -0.15) is 5.10 Å². The number of benzene rings is 1. The first-order valence-corrected chi connectivity index (χ1v) is 5.65. The molecular weight excluding hydrogens is 286 g/mol. The fraction of sp³-hybridized carbons (Fsp3) is 0.0909. The van der Waals surface area contributed by atoms with Gasteiger partial charge >= 0.3 is 5.97 Å². The van der Waals surface area contributed by atoms with Gasteiger partial charge in [0.2, 0.25) is 0 Å². The van der Waals surface area contributed by atoms with Gasteiger partial charge in [0.25, 0.3) is 0 Å². The standard InChI is InChI=1S/C11H10BrN3O2/c1-6-9(11(16)17)10(13)15(14-6)8-5-3-2-4-7(8)12/h2-5H,13H2,1H3,(H,16,17). The molecule has 5 nitrogen and oxygen atoms in total. The van der Waals surface area contributed by atoms with Crippen LogP contribution in [-0.4, -0.2) is 20.9 Å². The van der Waals surface area contributed by atoms with Crippen molar-refractivity contribution in [3.63, 3.8) is 0 Å². The molecule has 0 unspecified atom stereocenters. The molecule has 88 valence electrons. The lowest BCUT2D eigenvalue weighted by molar-refractivity contribution is 0.0697. The van der Waals surface area contributed by atoms with Crippen molar-refractivity contribution in [1.82, 2.24) is 9.78 Å². The zero-order valence-electron chi connectivity index (χ0n) is 9.01. The van der Waals surface area contributed by atoms with Crippen LogP contribution in [0.2, 0.25) is 0 Å². The number of nitrogen functional groups attached to an aromatic ring is 1. The Bertz CT molecular complexity index is 592. The number of aromatic carboxylic acids is 1. The highest BCUT2D eigenvalue weighted by Crippen LogP contribution is 2.25. The summed E-state index contributed by atoms with van der Waals surface area (Å²) in [7, 11) is 0. The molecule has 0 atom stereocenters. The summed E-state index contributed by atoms with van der Waals surface area (Å²) in [6.45, 7) is 1.62. The highest BCUT2D eigenvalue weighted by molar-refractivity contribution is 9.10. The van der Waals surface area contributed by atoms with Crippen molar-refractivity contribution in [2.75, 3.05) is 5.73 Å². The molecule has 1 heterocycles. The molecule has 6 heteroatoms. The molecular formula is C11H10BrN3O2. The first-order valence-electron chi connectivity index (χ1n) is 4.85. The van der Waals surface area contributed by atoms with Crippen LogP contribution in [0.1, 0.15) is 16.1 Å². The van der Waals surface area contributed by atoms with Gasteiger partial charge in [0.05, 0.1) is 11.4 Å². The molecule has 0 bridgehead atoms. The summed E-state index contributed by atoms with van der Waals surface area (Å²) in [6, 6.07) is 7.33. The average molecular weight is 296 g/mol. The van der Waals surface area contributed by atoms with Crippen LogP contribution in [0.3, 0.4) is 0 Å². The Kier molecular flexibility index (Phi) is 2.89. The maximum atomic E-state index is 11.0. The van der Waals surface area contributed by atoms with Crippen LogP contribution < -0.4 is 5.73 Å². The minimum Gasteiger partial charge on any atom is -0.477 e. The summed E-state index contributed by atoms with van der Waals surface area (Å²) < 4.78 is 2.22. The van der Waals surface area contributed by atoms with Gasteiger partial charge in [-0.3, -0.25) is 0 Å². The second-order valence-corrected chi connectivity index (χ2v) is 4.37. The summed E-state index contributed by atoms with van der Waals surface area (Å²) in [5.41, 5.74) is 6.95. The molecule has 1 aromatic carbocycles. The molecule has 0 spiro atoms. The Morgan fingerprint density at radius 3 is 2.65 bits per heavy atom. The third-order valence-corrected chi connectivity index (χ3v) is 3.06. The number of aryl methyl sites for hydroxylation is 1. The molecule has 0 aliphatic carbocycles. The predicted molar refractivity (Wildman–Crippen MR) is 67.4 cm³/mol. The van der Waals surface area contributed by atoms with E-state index in [4.69, 9.17) is 10.8 Å². The molecule has 0 saturated heterocycles. The van der Waals surface area contributed by atoms with Crippen LogP contribution in [-0.2, 0) is 0 Å².